The van der Waals surface area contributed by atoms with E-state index >= 15 is 0 Å². The van der Waals surface area contributed by atoms with Gasteiger partial charge in [0.2, 0.25) is 0 Å². The number of ether oxygens (including phenoxy) is 1. The molecular weight excluding hydrogens is 641 g/mol. The Morgan fingerprint density at radius 3 is 1.51 bits per heavy atom. The van der Waals surface area contributed by atoms with Crippen molar-refractivity contribution in [3.63, 3.8) is 0 Å². The van der Waals surface area contributed by atoms with Crippen LogP contribution < -0.4 is 4.74 Å². The van der Waals surface area contributed by atoms with E-state index in [1.165, 1.54) is 77.9 Å². The fourth-order valence-corrected chi connectivity index (χ4v) is 7.80. The van der Waals surface area contributed by atoms with Crippen molar-refractivity contribution in [2.75, 3.05) is 0 Å². The van der Waals surface area contributed by atoms with Gasteiger partial charge >= 0.3 is 0 Å². The minimum atomic E-state index is 0.499. The van der Waals surface area contributed by atoms with Crippen molar-refractivity contribution in [3.05, 3.63) is 199 Å². The maximum absolute atomic E-state index is 6.12. The largest absolute Gasteiger partial charge is 0.457 e. The van der Waals surface area contributed by atoms with E-state index < -0.39 is 0 Å². The molecule has 6 aromatic carbocycles. The van der Waals surface area contributed by atoms with Crippen LogP contribution in [-0.4, -0.2) is 0 Å². The number of hydrogen-bond donors (Lipinski definition) is 0. The zero-order valence-electron chi connectivity index (χ0n) is 33.4. The molecule has 0 bridgehead atoms. The molecule has 0 atom stereocenters. The van der Waals surface area contributed by atoms with Gasteiger partial charge in [-0.25, -0.2) is 0 Å². The van der Waals surface area contributed by atoms with E-state index in [0.29, 0.717) is 11.8 Å². The van der Waals surface area contributed by atoms with Gasteiger partial charge in [0, 0.05) is 0 Å². The summed E-state index contributed by atoms with van der Waals surface area (Å²) in [7, 11) is 0. The first-order chi connectivity index (χ1) is 25.5. The molecule has 0 saturated carbocycles. The maximum Gasteiger partial charge on any atom is 0.127 e. The zero-order valence-corrected chi connectivity index (χ0v) is 33.4. The Morgan fingerprint density at radius 1 is 0.415 bits per heavy atom. The summed E-state index contributed by atoms with van der Waals surface area (Å²) in [6.07, 6.45) is 6.08. The molecule has 6 aromatic rings. The standard InChI is InChI=1S/C52H58O/c1-35(2)51-33-46(28-38(6)40(51)8)31-47-29-39(7)50(52(34-47)36(3)4)26-25-42-18-23-45(24-19-42)30-44-21-16-41(17-22-44)15-20-43-12-10-14-49(32-43)53-48-13-9-11-37(5)27-48/h9-14,16-19,21-24,27-29,32-36H,15,20,25-26,30-31H2,1-8H3. The molecule has 0 amide bonds. The molecule has 0 aliphatic carbocycles. The fourth-order valence-electron chi connectivity index (χ4n) is 7.80. The van der Waals surface area contributed by atoms with Crippen LogP contribution in [-0.2, 0) is 38.5 Å². The van der Waals surface area contributed by atoms with Crippen molar-refractivity contribution in [1.82, 2.24) is 0 Å². The molecule has 53 heavy (non-hydrogen) atoms. The van der Waals surface area contributed by atoms with Crippen molar-refractivity contribution < 1.29 is 4.74 Å². The molecule has 272 valence electrons. The minimum absolute atomic E-state index is 0.499. The fraction of sp³-hybridized carbons (Fsp3) is 0.308. The van der Waals surface area contributed by atoms with E-state index in [2.05, 4.69) is 159 Å². The van der Waals surface area contributed by atoms with Crippen LogP contribution in [0.4, 0.5) is 0 Å². The lowest BCUT2D eigenvalue weighted by Gasteiger charge is -2.19. The Hall–Kier alpha value is -4.88. The van der Waals surface area contributed by atoms with Gasteiger partial charge in [-0.15, -0.1) is 0 Å². The normalized spacial score (nSPS) is 11.4. The predicted molar refractivity (Wildman–Crippen MR) is 226 cm³/mol. The van der Waals surface area contributed by atoms with E-state index in [4.69, 9.17) is 4.74 Å². The van der Waals surface area contributed by atoms with Gasteiger partial charge < -0.3 is 4.74 Å². The molecule has 0 radical (unpaired) electrons. The Labute approximate surface area is 320 Å². The average molecular weight is 699 g/mol. The van der Waals surface area contributed by atoms with Crippen LogP contribution in [0, 0.1) is 27.7 Å². The number of hydrogen-bond acceptors (Lipinski definition) is 1. The molecule has 0 aliphatic heterocycles. The highest BCUT2D eigenvalue weighted by molar-refractivity contribution is 5.46. The molecular formula is C52H58O. The van der Waals surface area contributed by atoms with E-state index in [0.717, 1.165) is 50.0 Å². The number of benzene rings is 6. The maximum atomic E-state index is 6.12. The average Bonchev–Trinajstić information content (AvgIpc) is 3.13. The zero-order chi connectivity index (χ0) is 37.5. The van der Waals surface area contributed by atoms with Gasteiger partial charge in [-0.1, -0.05) is 125 Å². The van der Waals surface area contributed by atoms with Gasteiger partial charge in [0.05, 0.1) is 0 Å². The Kier molecular flexibility index (Phi) is 12.4. The molecule has 1 nitrogen and oxygen atoms in total. The van der Waals surface area contributed by atoms with Crippen molar-refractivity contribution in [2.24, 2.45) is 0 Å². The van der Waals surface area contributed by atoms with Gasteiger partial charge in [0.15, 0.2) is 0 Å². The first-order valence-corrected chi connectivity index (χ1v) is 19.7. The lowest BCUT2D eigenvalue weighted by molar-refractivity contribution is 0.481. The van der Waals surface area contributed by atoms with Gasteiger partial charge in [0.25, 0.3) is 0 Å². The summed E-state index contributed by atoms with van der Waals surface area (Å²) in [4.78, 5) is 0. The Morgan fingerprint density at radius 2 is 0.906 bits per heavy atom. The van der Waals surface area contributed by atoms with Crippen LogP contribution in [0.15, 0.2) is 121 Å². The summed E-state index contributed by atoms with van der Waals surface area (Å²) in [5.74, 6) is 2.82. The highest BCUT2D eigenvalue weighted by atomic mass is 16.5. The molecule has 0 saturated heterocycles. The monoisotopic (exact) mass is 698 g/mol. The molecule has 6 rings (SSSR count). The summed E-state index contributed by atoms with van der Waals surface area (Å²) in [5, 5.41) is 0. The van der Waals surface area contributed by atoms with E-state index in [1.807, 2.05) is 18.2 Å². The summed E-state index contributed by atoms with van der Waals surface area (Å²) < 4.78 is 6.12. The van der Waals surface area contributed by atoms with Crippen molar-refractivity contribution in [2.45, 2.75) is 106 Å². The van der Waals surface area contributed by atoms with Crippen LogP contribution in [0.2, 0.25) is 0 Å². The quantitative estimate of drug-likeness (QED) is 0.110. The molecule has 0 fully saturated rings. The van der Waals surface area contributed by atoms with E-state index in [-0.39, 0.29) is 0 Å². The number of aryl methyl sites for hydroxylation is 6. The van der Waals surface area contributed by atoms with Crippen LogP contribution >= 0.6 is 0 Å². The first kappa shape index (κ1) is 37.9. The third-order valence-electron chi connectivity index (χ3n) is 10.9. The summed E-state index contributed by atoms with van der Waals surface area (Å²) in [6, 6.07) is 44.9. The van der Waals surface area contributed by atoms with Crippen molar-refractivity contribution in [3.8, 4) is 11.5 Å². The lowest BCUT2D eigenvalue weighted by Crippen LogP contribution is -2.05. The lowest BCUT2D eigenvalue weighted by atomic mass is 9.86. The van der Waals surface area contributed by atoms with Gasteiger partial charge in [-0.05, 0) is 180 Å². The minimum Gasteiger partial charge on any atom is -0.457 e. The van der Waals surface area contributed by atoms with Crippen LogP contribution in [0.1, 0.15) is 117 Å². The van der Waals surface area contributed by atoms with Crippen molar-refractivity contribution in [1.29, 1.82) is 0 Å². The summed E-state index contributed by atoms with van der Waals surface area (Å²) in [5.41, 5.74) is 19.6. The second-order valence-electron chi connectivity index (χ2n) is 16.0. The SMILES string of the molecule is Cc1cccc(Oc2cccc(CCc3ccc(Cc4ccc(CCc5c(C)cc(Cc6cc(C)c(C)c(C(C)C)c6)cc5C(C)C)cc4)cc3)c2)c1. The molecule has 0 N–H and O–H groups in total. The Bertz CT molecular complexity index is 2130. The topological polar surface area (TPSA) is 9.23 Å². The molecule has 0 aromatic heterocycles. The predicted octanol–water partition coefficient (Wildman–Crippen LogP) is 13.7. The van der Waals surface area contributed by atoms with Crippen LogP contribution in [0.5, 0.6) is 11.5 Å². The third-order valence-corrected chi connectivity index (χ3v) is 10.9. The molecule has 0 spiro atoms. The van der Waals surface area contributed by atoms with E-state index in [1.54, 1.807) is 0 Å². The second kappa shape index (κ2) is 17.3. The van der Waals surface area contributed by atoms with Crippen molar-refractivity contribution >= 4 is 0 Å². The highest BCUT2D eigenvalue weighted by Crippen LogP contribution is 2.30. The van der Waals surface area contributed by atoms with Gasteiger partial charge in [0.1, 0.15) is 11.5 Å². The molecule has 0 unspecified atom stereocenters. The number of rotatable bonds is 14. The first-order valence-electron chi connectivity index (χ1n) is 19.7. The third kappa shape index (κ3) is 10.2. The molecule has 0 aliphatic rings. The van der Waals surface area contributed by atoms with Crippen LogP contribution in [0.25, 0.3) is 0 Å². The summed E-state index contributed by atoms with van der Waals surface area (Å²) in [6.45, 7) is 18.2. The van der Waals surface area contributed by atoms with Gasteiger partial charge in [-0.2, -0.15) is 0 Å². The molecule has 0 heterocycles. The smallest absolute Gasteiger partial charge is 0.127 e. The van der Waals surface area contributed by atoms with Gasteiger partial charge in [-0.3, -0.25) is 0 Å². The van der Waals surface area contributed by atoms with E-state index in [9.17, 15) is 0 Å². The van der Waals surface area contributed by atoms with Crippen LogP contribution in [0.3, 0.4) is 0 Å². The summed E-state index contributed by atoms with van der Waals surface area (Å²) >= 11 is 0. The second-order valence-corrected chi connectivity index (χ2v) is 16.0. The molecule has 1 heteroatoms. The Balaban J connectivity index is 1.03. The highest BCUT2D eigenvalue weighted by Gasteiger charge is 2.14.